The number of nitrogens with one attached hydrogen (secondary N) is 2. The summed E-state index contributed by atoms with van der Waals surface area (Å²) in [5, 5.41) is 14.5. The Kier molecular flexibility index (Phi) is 9.11. The second-order valence-corrected chi connectivity index (χ2v) is 8.32. The third kappa shape index (κ3) is 6.79. The van der Waals surface area contributed by atoms with E-state index in [0.717, 1.165) is 4.90 Å². The molecule has 4 amide bonds. The number of para-hydroxylation sites is 2. The normalized spacial score (nSPS) is 15.7. The fourth-order valence-corrected chi connectivity index (χ4v) is 3.91. The molecular formula is C26H28N4O7. The van der Waals surface area contributed by atoms with Gasteiger partial charge in [-0.1, -0.05) is 36.9 Å². The molecule has 0 radical (unpaired) electrons. The van der Waals surface area contributed by atoms with Crippen LogP contribution in [0.2, 0.25) is 0 Å². The predicted octanol–water partition coefficient (Wildman–Crippen LogP) is 0.957. The van der Waals surface area contributed by atoms with Crippen molar-refractivity contribution in [3.8, 4) is 0 Å². The maximum absolute atomic E-state index is 13.7. The molecule has 2 atom stereocenters. The van der Waals surface area contributed by atoms with Crippen molar-refractivity contribution in [1.29, 1.82) is 0 Å². The van der Waals surface area contributed by atoms with Crippen LogP contribution in [0.25, 0.3) is 0 Å². The zero-order valence-corrected chi connectivity index (χ0v) is 20.3. The topological polar surface area (TPSA) is 145 Å². The van der Waals surface area contributed by atoms with E-state index in [1.165, 1.54) is 12.0 Å². The quantitative estimate of drug-likeness (QED) is 0.320. The average Bonchev–Trinajstić information content (AvgIpc) is 2.99. The van der Waals surface area contributed by atoms with Gasteiger partial charge in [-0.05, 0) is 24.3 Å². The van der Waals surface area contributed by atoms with Crippen LogP contribution in [-0.4, -0.2) is 73.9 Å². The van der Waals surface area contributed by atoms with Crippen LogP contribution in [0, 0.1) is 0 Å². The average molecular weight is 509 g/mol. The number of aliphatic hydroxyl groups excluding tert-OH is 1. The Labute approximate surface area is 213 Å². The highest BCUT2D eigenvalue weighted by molar-refractivity contribution is 6.11. The van der Waals surface area contributed by atoms with Gasteiger partial charge >= 0.3 is 0 Å². The van der Waals surface area contributed by atoms with Crippen LogP contribution in [0.15, 0.2) is 66.9 Å². The van der Waals surface area contributed by atoms with Gasteiger partial charge in [-0.25, -0.2) is 0 Å². The minimum atomic E-state index is -1.20. The molecule has 1 aliphatic rings. The number of benzene rings is 2. The predicted molar refractivity (Wildman–Crippen MR) is 135 cm³/mol. The van der Waals surface area contributed by atoms with Gasteiger partial charge in [0.05, 0.1) is 29.7 Å². The van der Waals surface area contributed by atoms with Crippen molar-refractivity contribution in [3.63, 3.8) is 0 Å². The number of hydrogen-bond acceptors (Lipinski definition) is 7. The number of carbonyl (C=O) groups excluding carboxylic acids is 5. The Bertz CT molecular complexity index is 1180. The van der Waals surface area contributed by atoms with Crippen LogP contribution in [0.1, 0.15) is 16.8 Å². The number of ether oxygens (including phenoxy) is 1. The van der Waals surface area contributed by atoms with Gasteiger partial charge in [-0.15, -0.1) is 0 Å². The lowest BCUT2D eigenvalue weighted by atomic mass is 10.1. The summed E-state index contributed by atoms with van der Waals surface area (Å²) in [6, 6.07) is 12.5. The summed E-state index contributed by atoms with van der Waals surface area (Å²) >= 11 is 0. The van der Waals surface area contributed by atoms with Crippen LogP contribution in [-0.2, 0) is 23.9 Å². The van der Waals surface area contributed by atoms with Gasteiger partial charge in [0.2, 0.25) is 5.91 Å². The third-order valence-corrected chi connectivity index (χ3v) is 5.57. The minimum Gasteiger partial charge on any atom is -0.513 e. The van der Waals surface area contributed by atoms with Crippen LogP contribution >= 0.6 is 0 Å². The highest BCUT2D eigenvalue weighted by Gasteiger charge is 2.37. The minimum absolute atomic E-state index is 0.186. The molecule has 0 spiro atoms. The van der Waals surface area contributed by atoms with Crippen LogP contribution < -0.4 is 20.4 Å². The number of nitrogens with zero attached hydrogens (tertiary/aromatic N) is 2. The summed E-state index contributed by atoms with van der Waals surface area (Å²) in [4.78, 5) is 66.2. The molecule has 3 rings (SSSR count). The van der Waals surface area contributed by atoms with Crippen molar-refractivity contribution in [1.82, 2.24) is 10.6 Å². The molecule has 1 unspecified atom stereocenters. The van der Waals surface area contributed by atoms with E-state index in [-0.39, 0.29) is 31.0 Å². The zero-order valence-electron chi connectivity index (χ0n) is 20.3. The molecule has 11 nitrogen and oxygen atoms in total. The van der Waals surface area contributed by atoms with E-state index in [1.54, 1.807) is 54.6 Å². The van der Waals surface area contributed by atoms with Gasteiger partial charge < -0.3 is 30.2 Å². The molecule has 37 heavy (non-hydrogen) atoms. The van der Waals surface area contributed by atoms with E-state index >= 15 is 0 Å². The fraction of sp³-hybridized carbons (Fsp3) is 0.269. The van der Waals surface area contributed by atoms with Gasteiger partial charge in [0.1, 0.15) is 25.5 Å². The van der Waals surface area contributed by atoms with E-state index < -0.39 is 42.3 Å². The number of aldehydes is 1. The van der Waals surface area contributed by atoms with Gasteiger partial charge in [0.25, 0.3) is 17.7 Å². The lowest BCUT2D eigenvalue weighted by Gasteiger charge is -2.25. The summed E-state index contributed by atoms with van der Waals surface area (Å²) in [5.74, 6) is -2.59. The van der Waals surface area contributed by atoms with Gasteiger partial charge in [0.15, 0.2) is 0 Å². The first-order valence-corrected chi connectivity index (χ1v) is 11.4. The molecule has 3 N–H and O–H groups in total. The summed E-state index contributed by atoms with van der Waals surface area (Å²) < 4.78 is 5.00. The summed E-state index contributed by atoms with van der Waals surface area (Å²) in [7, 11) is 1.36. The molecule has 1 heterocycles. The molecule has 0 saturated carbocycles. The second kappa shape index (κ2) is 12.5. The lowest BCUT2D eigenvalue weighted by Crippen LogP contribution is -2.55. The van der Waals surface area contributed by atoms with E-state index in [4.69, 9.17) is 4.74 Å². The van der Waals surface area contributed by atoms with Crippen LogP contribution in [0.4, 0.5) is 11.4 Å². The first-order chi connectivity index (χ1) is 17.7. The Morgan fingerprint density at radius 2 is 1.78 bits per heavy atom. The number of amides is 4. The summed E-state index contributed by atoms with van der Waals surface area (Å²) in [6.07, 6.45) is 0.264. The summed E-state index contributed by atoms with van der Waals surface area (Å²) in [6.45, 7) is 2.34. The maximum Gasteiger partial charge on any atom is 0.253 e. The molecule has 0 saturated heterocycles. The Morgan fingerprint density at radius 3 is 2.41 bits per heavy atom. The number of rotatable bonds is 10. The van der Waals surface area contributed by atoms with Crippen molar-refractivity contribution in [3.05, 3.63) is 72.5 Å². The number of hydrogen-bond donors (Lipinski definition) is 3. The first kappa shape index (κ1) is 27.1. The smallest absolute Gasteiger partial charge is 0.253 e. The highest BCUT2D eigenvalue weighted by Crippen LogP contribution is 2.33. The monoisotopic (exact) mass is 508 g/mol. The number of aliphatic hydroxyl groups is 1. The van der Waals surface area contributed by atoms with Crippen molar-refractivity contribution in [2.45, 2.75) is 18.5 Å². The van der Waals surface area contributed by atoms with Gasteiger partial charge in [0, 0.05) is 19.1 Å². The fourth-order valence-electron chi connectivity index (χ4n) is 3.91. The first-order valence-electron chi connectivity index (χ1n) is 11.4. The Balaban J connectivity index is 1.97. The third-order valence-electron chi connectivity index (χ3n) is 5.57. The Hall–Kier alpha value is -4.51. The van der Waals surface area contributed by atoms with Crippen molar-refractivity contribution >= 4 is 41.3 Å². The molecule has 194 valence electrons. The molecular weight excluding hydrogens is 480 g/mol. The molecule has 0 bridgehead atoms. The lowest BCUT2D eigenvalue weighted by molar-refractivity contribution is -0.126. The van der Waals surface area contributed by atoms with Crippen molar-refractivity contribution in [2.24, 2.45) is 0 Å². The van der Waals surface area contributed by atoms with Gasteiger partial charge in [-0.2, -0.15) is 0 Å². The largest absolute Gasteiger partial charge is 0.513 e. The standard InChI is InChI=1S/C26H28N4O7/c1-17(32)12-19(15-31)27-23(33)14-30-22-11-7-6-10-21(22)29(24(34)16-37-2)13-20(26(30)36)28-25(35)18-8-4-3-5-9-18/h3-11,15,19-20,32H,1,12-14,16H2,2H3,(H,27,33)(H,28,35)/t19-,20?/m0/s1. The van der Waals surface area contributed by atoms with Crippen molar-refractivity contribution < 1.29 is 33.8 Å². The van der Waals surface area contributed by atoms with Gasteiger partial charge in [-0.3, -0.25) is 24.1 Å². The zero-order chi connectivity index (χ0) is 26.9. The molecule has 0 aliphatic carbocycles. The summed E-state index contributed by atoms with van der Waals surface area (Å²) in [5.41, 5.74) is 0.921. The molecule has 11 heteroatoms. The van der Waals surface area contributed by atoms with E-state index in [2.05, 4.69) is 17.2 Å². The van der Waals surface area contributed by atoms with E-state index in [0.29, 0.717) is 17.5 Å². The highest BCUT2D eigenvalue weighted by atomic mass is 16.5. The molecule has 2 aromatic rings. The number of methoxy groups -OCH3 is 1. The van der Waals surface area contributed by atoms with E-state index in [9.17, 15) is 29.1 Å². The Morgan fingerprint density at radius 1 is 1.14 bits per heavy atom. The molecule has 2 aromatic carbocycles. The molecule has 0 aromatic heterocycles. The number of carbonyl (C=O) groups is 5. The van der Waals surface area contributed by atoms with Crippen LogP contribution in [0.5, 0.6) is 0 Å². The maximum atomic E-state index is 13.7. The number of fused-ring (bicyclic) bond motifs is 1. The van der Waals surface area contributed by atoms with E-state index in [1.807, 2.05) is 0 Å². The number of anilines is 2. The van der Waals surface area contributed by atoms with Crippen LogP contribution in [0.3, 0.4) is 0 Å². The molecule has 1 aliphatic heterocycles. The van der Waals surface area contributed by atoms with Crippen molar-refractivity contribution in [2.75, 3.05) is 36.6 Å². The SMILES string of the molecule is C=C(O)C[C@@H](C=O)NC(=O)CN1C(=O)C(NC(=O)c2ccccc2)CN(C(=O)COC)c2ccccc21. The second-order valence-electron chi connectivity index (χ2n) is 8.32. The molecule has 0 fully saturated rings.